The Hall–Kier alpha value is -1.39. The molecule has 0 saturated heterocycles. The molecule has 1 aromatic carbocycles. The van der Waals surface area contributed by atoms with Crippen LogP contribution in [0, 0.1) is 0 Å². The van der Waals surface area contributed by atoms with E-state index in [-0.39, 0.29) is 17.6 Å². The Labute approximate surface area is 114 Å². The normalized spacial score (nSPS) is 19.1. The molecule has 0 aromatic heterocycles. The third-order valence-electron chi connectivity index (χ3n) is 3.83. The number of hydrogen-bond donors (Lipinski definition) is 2. The molecule has 1 atom stereocenters. The zero-order valence-electron chi connectivity index (χ0n) is 11.4. The van der Waals surface area contributed by atoms with Crippen molar-refractivity contribution in [2.45, 2.75) is 44.2 Å². The van der Waals surface area contributed by atoms with Gasteiger partial charge in [-0.3, -0.25) is 0 Å². The summed E-state index contributed by atoms with van der Waals surface area (Å²) in [5.41, 5.74) is 12.6. The van der Waals surface area contributed by atoms with Gasteiger partial charge in [0.1, 0.15) is 5.60 Å². The molecule has 1 unspecified atom stereocenters. The van der Waals surface area contributed by atoms with Gasteiger partial charge in [0, 0.05) is 12.6 Å². The van der Waals surface area contributed by atoms with Gasteiger partial charge in [-0.25, -0.2) is 4.79 Å². The predicted molar refractivity (Wildman–Crippen MR) is 74.7 cm³/mol. The van der Waals surface area contributed by atoms with E-state index >= 15 is 0 Å². The van der Waals surface area contributed by atoms with E-state index in [4.69, 9.17) is 16.2 Å². The van der Waals surface area contributed by atoms with Gasteiger partial charge in [-0.15, -0.1) is 0 Å². The molecule has 1 aliphatic carbocycles. The van der Waals surface area contributed by atoms with E-state index < -0.39 is 0 Å². The van der Waals surface area contributed by atoms with Crippen molar-refractivity contribution in [1.82, 2.24) is 0 Å². The molecule has 0 amide bonds. The Balaban J connectivity index is 2.03. The smallest absolute Gasteiger partial charge is 0.338 e. The predicted octanol–water partition coefficient (Wildman–Crippen LogP) is 2.13. The van der Waals surface area contributed by atoms with E-state index in [1.54, 1.807) is 12.1 Å². The van der Waals surface area contributed by atoms with Crippen molar-refractivity contribution in [2.75, 3.05) is 6.54 Å². The second-order valence-electron chi connectivity index (χ2n) is 5.51. The van der Waals surface area contributed by atoms with Crippen LogP contribution in [0.25, 0.3) is 0 Å². The van der Waals surface area contributed by atoms with E-state index in [1.165, 1.54) is 0 Å². The van der Waals surface area contributed by atoms with Gasteiger partial charge >= 0.3 is 5.97 Å². The summed E-state index contributed by atoms with van der Waals surface area (Å²) < 4.78 is 5.62. The van der Waals surface area contributed by atoms with E-state index in [1.807, 2.05) is 19.1 Å². The number of carbonyl (C=O) groups is 1. The highest BCUT2D eigenvalue weighted by molar-refractivity contribution is 5.89. The standard InChI is InChI=1S/C15H22N2O2/c1-15(8-2-3-9-15)19-14(18)12-6-4-11(5-7-12)13(17)10-16/h4-7,13H,2-3,8-10,16-17H2,1H3. The molecule has 0 aliphatic heterocycles. The van der Waals surface area contributed by atoms with Gasteiger partial charge in [-0.2, -0.15) is 0 Å². The minimum atomic E-state index is -0.288. The second kappa shape index (κ2) is 5.72. The van der Waals surface area contributed by atoms with Crippen LogP contribution in [0.1, 0.15) is 54.6 Å². The average molecular weight is 262 g/mol. The molecule has 0 bridgehead atoms. The lowest BCUT2D eigenvalue weighted by atomic mass is 10.0. The van der Waals surface area contributed by atoms with E-state index in [0.717, 1.165) is 31.2 Å². The highest BCUT2D eigenvalue weighted by Gasteiger charge is 2.32. The van der Waals surface area contributed by atoms with Crippen LogP contribution >= 0.6 is 0 Å². The Morgan fingerprint density at radius 2 is 1.89 bits per heavy atom. The fourth-order valence-electron chi connectivity index (χ4n) is 2.51. The topological polar surface area (TPSA) is 78.3 Å². The van der Waals surface area contributed by atoms with Crippen molar-refractivity contribution >= 4 is 5.97 Å². The Bertz CT molecular complexity index is 436. The van der Waals surface area contributed by atoms with Crippen LogP contribution in [0.2, 0.25) is 0 Å². The molecule has 1 aliphatic rings. The monoisotopic (exact) mass is 262 g/mol. The number of rotatable bonds is 4. The summed E-state index contributed by atoms with van der Waals surface area (Å²) in [5.74, 6) is -0.253. The first-order valence-electron chi connectivity index (χ1n) is 6.83. The van der Waals surface area contributed by atoms with Crippen LogP contribution in [0.4, 0.5) is 0 Å². The molecule has 0 radical (unpaired) electrons. The minimum absolute atomic E-state index is 0.183. The first-order chi connectivity index (χ1) is 9.04. The lowest BCUT2D eigenvalue weighted by molar-refractivity contribution is -0.00608. The van der Waals surface area contributed by atoms with Crippen LogP contribution in [0.15, 0.2) is 24.3 Å². The molecule has 4 heteroatoms. The molecular weight excluding hydrogens is 240 g/mol. The number of esters is 1. The first kappa shape index (κ1) is 14.0. The number of benzene rings is 1. The molecule has 1 aromatic rings. The number of carbonyl (C=O) groups excluding carboxylic acids is 1. The maximum absolute atomic E-state index is 12.1. The SMILES string of the molecule is CC1(OC(=O)c2ccc(C(N)CN)cc2)CCCC1. The summed E-state index contributed by atoms with van der Waals surface area (Å²) >= 11 is 0. The summed E-state index contributed by atoms with van der Waals surface area (Å²) in [6.45, 7) is 2.40. The highest BCUT2D eigenvalue weighted by Crippen LogP contribution is 2.33. The van der Waals surface area contributed by atoms with Crippen LogP contribution in [0.3, 0.4) is 0 Å². The molecular formula is C15H22N2O2. The third kappa shape index (κ3) is 3.33. The van der Waals surface area contributed by atoms with Crippen molar-refractivity contribution in [1.29, 1.82) is 0 Å². The Morgan fingerprint density at radius 1 is 1.32 bits per heavy atom. The number of ether oxygens (including phenoxy) is 1. The summed E-state index contributed by atoms with van der Waals surface area (Å²) in [6.07, 6.45) is 4.17. The van der Waals surface area contributed by atoms with Gasteiger partial charge in [-0.05, 0) is 50.3 Å². The summed E-state index contributed by atoms with van der Waals surface area (Å²) in [6, 6.07) is 7.00. The lowest BCUT2D eigenvalue weighted by Gasteiger charge is -2.24. The molecule has 19 heavy (non-hydrogen) atoms. The maximum atomic E-state index is 12.1. The average Bonchev–Trinajstić information content (AvgIpc) is 2.84. The zero-order valence-corrected chi connectivity index (χ0v) is 11.4. The molecule has 104 valence electrons. The van der Waals surface area contributed by atoms with Gasteiger partial charge in [0.15, 0.2) is 0 Å². The molecule has 0 heterocycles. The maximum Gasteiger partial charge on any atom is 0.338 e. The summed E-state index contributed by atoms with van der Waals surface area (Å²) in [5, 5.41) is 0. The van der Waals surface area contributed by atoms with Crippen molar-refractivity contribution in [2.24, 2.45) is 11.5 Å². The van der Waals surface area contributed by atoms with E-state index in [9.17, 15) is 4.79 Å². The Morgan fingerprint density at radius 3 is 2.42 bits per heavy atom. The van der Waals surface area contributed by atoms with Crippen LogP contribution in [-0.4, -0.2) is 18.1 Å². The summed E-state index contributed by atoms with van der Waals surface area (Å²) in [4.78, 5) is 12.1. The Kier molecular flexibility index (Phi) is 4.22. The van der Waals surface area contributed by atoms with E-state index in [2.05, 4.69) is 0 Å². The van der Waals surface area contributed by atoms with Crippen LogP contribution in [0.5, 0.6) is 0 Å². The molecule has 1 fully saturated rings. The van der Waals surface area contributed by atoms with Crippen LogP contribution < -0.4 is 11.5 Å². The highest BCUT2D eigenvalue weighted by atomic mass is 16.6. The largest absolute Gasteiger partial charge is 0.456 e. The van der Waals surface area contributed by atoms with Crippen molar-refractivity contribution < 1.29 is 9.53 Å². The quantitative estimate of drug-likeness (QED) is 0.815. The summed E-state index contributed by atoms with van der Waals surface area (Å²) in [7, 11) is 0. The van der Waals surface area contributed by atoms with Gasteiger partial charge < -0.3 is 16.2 Å². The molecule has 4 N–H and O–H groups in total. The van der Waals surface area contributed by atoms with Crippen molar-refractivity contribution in [3.8, 4) is 0 Å². The van der Waals surface area contributed by atoms with Crippen LogP contribution in [-0.2, 0) is 4.74 Å². The number of hydrogen-bond acceptors (Lipinski definition) is 4. The van der Waals surface area contributed by atoms with E-state index in [0.29, 0.717) is 12.1 Å². The molecule has 2 rings (SSSR count). The fourth-order valence-corrected chi connectivity index (χ4v) is 2.51. The van der Waals surface area contributed by atoms with Gasteiger partial charge in [-0.1, -0.05) is 12.1 Å². The van der Waals surface area contributed by atoms with Crippen molar-refractivity contribution in [3.05, 3.63) is 35.4 Å². The van der Waals surface area contributed by atoms with Gasteiger partial charge in [0.25, 0.3) is 0 Å². The minimum Gasteiger partial charge on any atom is -0.456 e. The molecule has 1 saturated carbocycles. The zero-order chi connectivity index (χ0) is 13.9. The van der Waals surface area contributed by atoms with Gasteiger partial charge in [0.05, 0.1) is 5.56 Å². The number of nitrogens with two attached hydrogens (primary N) is 2. The third-order valence-corrected chi connectivity index (χ3v) is 3.83. The second-order valence-corrected chi connectivity index (χ2v) is 5.51. The first-order valence-corrected chi connectivity index (χ1v) is 6.83. The lowest BCUT2D eigenvalue weighted by Crippen LogP contribution is -2.28. The molecule has 4 nitrogen and oxygen atoms in total. The van der Waals surface area contributed by atoms with Crippen molar-refractivity contribution in [3.63, 3.8) is 0 Å². The van der Waals surface area contributed by atoms with Gasteiger partial charge in [0.2, 0.25) is 0 Å². The fraction of sp³-hybridized carbons (Fsp3) is 0.533. The molecule has 0 spiro atoms.